The first-order valence-electron chi connectivity index (χ1n) is 6.89. The van der Waals surface area contributed by atoms with Crippen LogP contribution in [0, 0.1) is 6.92 Å². The molecule has 1 fully saturated rings. The largest absolute Gasteiger partial charge is 0.479 e. The Morgan fingerprint density at radius 3 is 2.85 bits per heavy atom. The van der Waals surface area contributed by atoms with E-state index in [0.29, 0.717) is 24.1 Å². The maximum absolute atomic E-state index is 12.0. The highest BCUT2D eigenvalue weighted by molar-refractivity contribution is 6.01. The Kier molecular flexibility index (Phi) is 3.12. The van der Waals surface area contributed by atoms with Crippen molar-refractivity contribution in [2.45, 2.75) is 32.6 Å². The Morgan fingerprint density at radius 1 is 1.50 bits per heavy atom. The Balaban J connectivity index is 2.22. The summed E-state index contributed by atoms with van der Waals surface area (Å²) < 4.78 is 10.4. The number of aromatic nitrogens is 2. The monoisotopic (exact) mass is 274 g/mol. The highest BCUT2D eigenvalue weighted by Gasteiger charge is 2.29. The lowest BCUT2D eigenvalue weighted by Crippen LogP contribution is -2.06. The van der Waals surface area contributed by atoms with Crippen LogP contribution in [-0.2, 0) is 4.74 Å². The summed E-state index contributed by atoms with van der Waals surface area (Å²) in [4.78, 5) is 19.5. The van der Waals surface area contributed by atoms with Crippen molar-refractivity contribution in [2.75, 3.05) is 13.7 Å². The van der Waals surface area contributed by atoms with Crippen LogP contribution in [-0.4, -0.2) is 29.7 Å². The molecule has 0 saturated heterocycles. The Labute approximate surface area is 117 Å². The van der Waals surface area contributed by atoms with E-state index in [1.54, 1.807) is 14.0 Å². The normalized spacial score (nSPS) is 14.6. The molecule has 20 heavy (non-hydrogen) atoms. The molecule has 0 unspecified atom stereocenters. The van der Waals surface area contributed by atoms with Crippen LogP contribution in [0.25, 0.3) is 10.9 Å². The van der Waals surface area contributed by atoms with Gasteiger partial charge in [-0.3, -0.25) is 0 Å². The summed E-state index contributed by atoms with van der Waals surface area (Å²) in [5.41, 5.74) is 3.40. The number of ether oxygens (including phenoxy) is 2. The Hall–Kier alpha value is -2.04. The average Bonchev–Trinajstić information content (AvgIpc) is 3.22. The second-order valence-electron chi connectivity index (χ2n) is 5.09. The van der Waals surface area contributed by atoms with Gasteiger partial charge in [-0.25, -0.2) is 9.78 Å². The highest BCUT2D eigenvalue weighted by atomic mass is 16.5. The SMILES string of the molecule is CCOC(=O)c1[nH]c2c(OC)ncc(C3CC3)c2c1C. The third kappa shape index (κ3) is 1.94. The fourth-order valence-corrected chi connectivity index (χ4v) is 2.64. The van der Waals surface area contributed by atoms with E-state index in [0.717, 1.165) is 16.5 Å². The van der Waals surface area contributed by atoms with E-state index in [1.807, 2.05) is 13.1 Å². The summed E-state index contributed by atoms with van der Waals surface area (Å²) in [5.74, 6) is 0.744. The zero-order valence-electron chi connectivity index (χ0n) is 11.9. The molecule has 2 aromatic rings. The van der Waals surface area contributed by atoms with Crippen LogP contribution in [0.15, 0.2) is 6.20 Å². The molecule has 0 spiro atoms. The number of esters is 1. The van der Waals surface area contributed by atoms with Gasteiger partial charge in [0.15, 0.2) is 0 Å². The predicted molar refractivity (Wildman–Crippen MR) is 75.3 cm³/mol. The van der Waals surface area contributed by atoms with Crippen molar-refractivity contribution < 1.29 is 14.3 Å². The lowest BCUT2D eigenvalue weighted by Gasteiger charge is -2.05. The standard InChI is InChI=1S/C15H18N2O3/c1-4-20-15(18)12-8(2)11-10(9-5-6-9)7-16-14(19-3)13(11)17-12/h7,9,17H,4-6H2,1-3H3. The van der Waals surface area contributed by atoms with Crippen LogP contribution in [0.4, 0.5) is 0 Å². The second kappa shape index (κ2) is 4.81. The summed E-state index contributed by atoms with van der Waals surface area (Å²) in [6, 6.07) is 0. The Bertz CT molecular complexity index is 671. The number of hydrogen-bond acceptors (Lipinski definition) is 4. The van der Waals surface area contributed by atoms with Crippen molar-refractivity contribution in [1.29, 1.82) is 0 Å². The van der Waals surface area contributed by atoms with Gasteiger partial charge >= 0.3 is 5.97 Å². The van der Waals surface area contributed by atoms with Gasteiger partial charge in [0.2, 0.25) is 5.88 Å². The maximum Gasteiger partial charge on any atom is 0.355 e. The molecule has 0 bridgehead atoms. The van der Waals surface area contributed by atoms with E-state index >= 15 is 0 Å². The summed E-state index contributed by atoms with van der Waals surface area (Å²) in [6.45, 7) is 4.10. The third-order valence-corrected chi connectivity index (χ3v) is 3.76. The van der Waals surface area contributed by atoms with Crippen LogP contribution >= 0.6 is 0 Å². The lowest BCUT2D eigenvalue weighted by atomic mass is 10.0. The summed E-state index contributed by atoms with van der Waals surface area (Å²) in [7, 11) is 1.58. The minimum atomic E-state index is -0.329. The number of methoxy groups -OCH3 is 1. The smallest absolute Gasteiger partial charge is 0.355 e. The molecule has 1 N–H and O–H groups in total. The van der Waals surface area contributed by atoms with Gasteiger partial charge in [0.1, 0.15) is 11.2 Å². The van der Waals surface area contributed by atoms with Crippen molar-refractivity contribution in [1.82, 2.24) is 9.97 Å². The molecule has 2 aromatic heterocycles. The Morgan fingerprint density at radius 2 is 2.25 bits per heavy atom. The summed E-state index contributed by atoms with van der Waals surface area (Å²) in [5, 5.41) is 1.06. The van der Waals surface area contributed by atoms with Crippen LogP contribution in [0.3, 0.4) is 0 Å². The number of fused-ring (bicyclic) bond motifs is 1. The number of carbonyl (C=O) groups is 1. The molecule has 0 aromatic carbocycles. The number of nitrogens with one attached hydrogen (secondary N) is 1. The fraction of sp³-hybridized carbons (Fsp3) is 0.467. The first kappa shape index (κ1) is 13.0. The van der Waals surface area contributed by atoms with E-state index in [2.05, 4.69) is 9.97 Å². The van der Waals surface area contributed by atoms with Gasteiger partial charge in [-0.15, -0.1) is 0 Å². The number of hydrogen-bond donors (Lipinski definition) is 1. The molecule has 5 nitrogen and oxygen atoms in total. The van der Waals surface area contributed by atoms with Crippen LogP contribution in [0.5, 0.6) is 5.88 Å². The van der Waals surface area contributed by atoms with Crippen LogP contribution < -0.4 is 4.74 Å². The van der Waals surface area contributed by atoms with Gasteiger partial charge in [0.25, 0.3) is 0 Å². The minimum Gasteiger partial charge on any atom is -0.479 e. The quantitative estimate of drug-likeness (QED) is 0.871. The van der Waals surface area contributed by atoms with Gasteiger partial charge in [-0.1, -0.05) is 0 Å². The number of aryl methyl sites for hydroxylation is 1. The van der Waals surface area contributed by atoms with Crippen molar-refractivity contribution in [3.8, 4) is 5.88 Å². The minimum absolute atomic E-state index is 0.329. The second-order valence-corrected chi connectivity index (χ2v) is 5.09. The third-order valence-electron chi connectivity index (χ3n) is 3.76. The van der Waals surface area contributed by atoms with Crippen LogP contribution in [0.1, 0.15) is 47.3 Å². The van der Waals surface area contributed by atoms with E-state index in [4.69, 9.17) is 9.47 Å². The number of H-pyrrole nitrogens is 1. The summed E-state index contributed by atoms with van der Waals surface area (Å²) >= 11 is 0. The van der Waals surface area contributed by atoms with Gasteiger partial charge in [0, 0.05) is 11.6 Å². The zero-order valence-corrected chi connectivity index (χ0v) is 11.9. The fourth-order valence-electron chi connectivity index (χ4n) is 2.64. The zero-order chi connectivity index (χ0) is 14.3. The number of aromatic amines is 1. The highest BCUT2D eigenvalue weighted by Crippen LogP contribution is 2.45. The molecule has 0 atom stereocenters. The molecule has 1 aliphatic rings. The van der Waals surface area contributed by atoms with E-state index in [1.165, 1.54) is 18.4 Å². The maximum atomic E-state index is 12.0. The van der Waals surface area contributed by atoms with Crippen LogP contribution in [0.2, 0.25) is 0 Å². The van der Waals surface area contributed by atoms with E-state index in [9.17, 15) is 4.79 Å². The molecule has 2 heterocycles. The van der Waals surface area contributed by atoms with Crippen molar-refractivity contribution >= 4 is 16.9 Å². The molecule has 5 heteroatoms. The molecular weight excluding hydrogens is 256 g/mol. The van der Waals surface area contributed by atoms with Crippen molar-refractivity contribution in [3.63, 3.8) is 0 Å². The average molecular weight is 274 g/mol. The molecule has 106 valence electrons. The number of carbonyl (C=O) groups excluding carboxylic acids is 1. The van der Waals surface area contributed by atoms with Crippen molar-refractivity contribution in [3.05, 3.63) is 23.0 Å². The summed E-state index contributed by atoms with van der Waals surface area (Å²) in [6.07, 6.45) is 4.24. The predicted octanol–water partition coefficient (Wildman–Crippen LogP) is 2.93. The number of pyridine rings is 1. The van der Waals surface area contributed by atoms with Gasteiger partial charge in [-0.05, 0) is 43.7 Å². The number of nitrogens with zero attached hydrogens (tertiary/aromatic N) is 1. The first-order chi connectivity index (χ1) is 9.67. The number of rotatable bonds is 4. The van der Waals surface area contributed by atoms with Gasteiger partial charge < -0.3 is 14.5 Å². The molecule has 3 rings (SSSR count). The molecule has 0 amide bonds. The molecular formula is C15H18N2O3. The first-order valence-corrected chi connectivity index (χ1v) is 6.89. The van der Waals surface area contributed by atoms with Crippen molar-refractivity contribution in [2.24, 2.45) is 0 Å². The topological polar surface area (TPSA) is 64.2 Å². The molecule has 1 aliphatic carbocycles. The molecule has 0 aliphatic heterocycles. The molecule has 0 radical (unpaired) electrons. The van der Waals surface area contributed by atoms with Gasteiger partial charge in [0.05, 0.1) is 13.7 Å². The van der Waals surface area contributed by atoms with E-state index < -0.39 is 0 Å². The van der Waals surface area contributed by atoms with Gasteiger partial charge in [-0.2, -0.15) is 0 Å². The lowest BCUT2D eigenvalue weighted by molar-refractivity contribution is 0.0520. The van der Waals surface area contributed by atoms with E-state index in [-0.39, 0.29) is 5.97 Å². The molecule has 1 saturated carbocycles.